The fraction of sp³-hybridized carbons (Fsp3) is 0.375. The molecule has 1 fully saturated rings. The van der Waals surface area contributed by atoms with E-state index in [1.807, 2.05) is 0 Å². The summed E-state index contributed by atoms with van der Waals surface area (Å²) in [6.45, 7) is 0. The lowest BCUT2D eigenvalue weighted by atomic mass is 10.0. The summed E-state index contributed by atoms with van der Waals surface area (Å²) in [5.74, 6) is -1.01. The lowest BCUT2D eigenvalue weighted by molar-refractivity contribution is -0.137. The second kappa shape index (κ2) is 6.64. The van der Waals surface area contributed by atoms with Gasteiger partial charge in [-0.05, 0) is 36.2 Å². The smallest absolute Gasteiger partial charge is 0.416 e. The number of rotatable bonds is 5. The number of halogens is 3. The molecular formula is C16H14F3NO5S2. The van der Waals surface area contributed by atoms with Gasteiger partial charge in [-0.25, -0.2) is 8.42 Å². The fourth-order valence-electron chi connectivity index (χ4n) is 2.62. The van der Waals surface area contributed by atoms with Crippen LogP contribution in [0.4, 0.5) is 13.2 Å². The summed E-state index contributed by atoms with van der Waals surface area (Å²) in [5, 5.41) is 3.45. The van der Waals surface area contributed by atoms with E-state index in [1.165, 1.54) is 6.26 Å². The predicted molar refractivity (Wildman–Crippen MR) is 89.4 cm³/mol. The molecule has 11 heteroatoms. The number of benzene rings is 1. The van der Waals surface area contributed by atoms with Gasteiger partial charge in [-0.3, -0.25) is 4.79 Å². The molecule has 1 aromatic heterocycles. The molecule has 1 aliphatic carbocycles. The van der Waals surface area contributed by atoms with Gasteiger partial charge in [-0.15, -0.1) is 0 Å². The van der Waals surface area contributed by atoms with E-state index < -0.39 is 43.4 Å². The third-order valence-corrected chi connectivity index (χ3v) is 6.04. The molecule has 146 valence electrons. The van der Waals surface area contributed by atoms with E-state index in [4.69, 9.17) is 4.52 Å². The van der Waals surface area contributed by atoms with E-state index in [0.29, 0.717) is 25.0 Å². The van der Waals surface area contributed by atoms with Crippen molar-refractivity contribution in [2.75, 3.05) is 12.5 Å². The van der Waals surface area contributed by atoms with Gasteiger partial charge in [0, 0.05) is 28.9 Å². The maximum atomic E-state index is 13.0. The molecule has 0 spiro atoms. The average Bonchev–Trinajstić information content (AvgIpc) is 3.30. The standard InChI is InChI=1S/C16H14F3NO5S2/c1-26(22)15-12(13(21)8-3-4-8)14(25-20-15)10-6-5-9(16(17,18)19)7-11(10)27(2,23)24/h5-8H,3-4H2,1-2H3. The summed E-state index contributed by atoms with van der Waals surface area (Å²) in [6, 6.07) is 2.10. The molecule has 1 saturated carbocycles. The number of hydrogen-bond acceptors (Lipinski definition) is 6. The van der Waals surface area contributed by atoms with Crippen LogP contribution in [0.5, 0.6) is 0 Å². The third-order valence-electron chi connectivity index (χ3n) is 4.08. The van der Waals surface area contributed by atoms with Gasteiger partial charge in [-0.2, -0.15) is 13.2 Å². The minimum absolute atomic E-state index is 0.136. The highest BCUT2D eigenvalue weighted by molar-refractivity contribution is 7.91. The number of Topliss-reactive ketones (excluding diaryl/α,β-unsaturated/α-hetero) is 1. The topological polar surface area (TPSA) is 100 Å². The van der Waals surface area contributed by atoms with Crippen molar-refractivity contribution in [1.29, 1.82) is 0 Å². The number of alkyl halides is 3. The zero-order chi connectivity index (χ0) is 20.1. The van der Waals surface area contributed by atoms with Crippen molar-refractivity contribution < 1.29 is 35.5 Å². The van der Waals surface area contributed by atoms with Crippen molar-refractivity contribution in [2.24, 2.45) is 5.92 Å². The van der Waals surface area contributed by atoms with Crippen molar-refractivity contribution >= 4 is 26.8 Å². The Kier molecular flexibility index (Phi) is 4.89. The number of carbonyl (C=O) groups is 1. The summed E-state index contributed by atoms with van der Waals surface area (Å²) in [7, 11) is -4.10. The predicted octanol–water partition coefficient (Wildman–Crippen LogP) is 3.09. The SMILES string of the molecule is C[S+]([O-])c1noc(-c2ccc(C(F)(F)F)cc2S(C)(=O)=O)c1C(=O)C1CC1. The molecular weight excluding hydrogens is 407 g/mol. The minimum Gasteiger partial charge on any atom is -0.610 e. The van der Waals surface area contributed by atoms with Gasteiger partial charge in [-0.1, -0.05) is 0 Å². The minimum atomic E-state index is -4.75. The lowest BCUT2D eigenvalue weighted by Gasteiger charge is -2.12. The quantitative estimate of drug-likeness (QED) is 0.543. The molecule has 0 aliphatic heterocycles. The molecule has 27 heavy (non-hydrogen) atoms. The second-order valence-electron chi connectivity index (χ2n) is 6.27. The summed E-state index contributed by atoms with van der Waals surface area (Å²) >= 11 is -1.70. The zero-order valence-corrected chi connectivity index (χ0v) is 15.8. The maximum absolute atomic E-state index is 13.0. The Morgan fingerprint density at radius 2 is 1.96 bits per heavy atom. The van der Waals surface area contributed by atoms with Crippen LogP contribution in [-0.4, -0.2) is 36.4 Å². The highest BCUT2D eigenvalue weighted by Crippen LogP contribution is 2.41. The molecule has 1 unspecified atom stereocenters. The van der Waals surface area contributed by atoms with Gasteiger partial charge >= 0.3 is 6.18 Å². The molecule has 0 bridgehead atoms. The summed E-state index contributed by atoms with van der Waals surface area (Å²) in [6.07, 6.45) is -1.49. The van der Waals surface area contributed by atoms with Crippen LogP contribution >= 0.6 is 0 Å². The van der Waals surface area contributed by atoms with Crippen LogP contribution in [0.15, 0.2) is 32.6 Å². The highest BCUT2D eigenvalue weighted by atomic mass is 32.2. The maximum Gasteiger partial charge on any atom is 0.416 e. The van der Waals surface area contributed by atoms with E-state index in [-0.39, 0.29) is 27.8 Å². The molecule has 3 rings (SSSR count). The molecule has 0 amide bonds. The number of nitrogens with zero attached hydrogens (tertiary/aromatic N) is 1. The molecule has 6 nitrogen and oxygen atoms in total. The van der Waals surface area contributed by atoms with Gasteiger partial charge in [0.1, 0.15) is 11.8 Å². The number of ketones is 1. The van der Waals surface area contributed by atoms with Crippen LogP contribution in [-0.2, 0) is 27.2 Å². The Labute approximate surface area is 155 Å². The Morgan fingerprint density at radius 1 is 1.33 bits per heavy atom. The van der Waals surface area contributed by atoms with E-state index >= 15 is 0 Å². The third kappa shape index (κ3) is 3.90. The Bertz CT molecular complexity index is 1010. The van der Waals surface area contributed by atoms with Crippen LogP contribution in [0.25, 0.3) is 11.3 Å². The van der Waals surface area contributed by atoms with E-state index in [2.05, 4.69) is 5.16 Å². The van der Waals surface area contributed by atoms with Crippen molar-refractivity contribution in [1.82, 2.24) is 5.16 Å². The van der Waals surface area contributed by atoms with Crippen LogP contribution in [0.3, 0.4) is 0 Å². The molecule has 1 aliphatic rings. The molecule has 2 aromatic rings. The number of hydrogen-bond donors (Lipinski definition) is 0. The van der Waals surface area contributed by atoms with Gasteiger partial charge < -0.3 is 9.08 Å². The van der Waals surface area contributed by atoms with Crippen LogP contribution in [0, 0.1) is 5.92 Å². The van der Waals surface area contributed by atoms with Gasteiger partial charge in [0.2, 0.25) is 0 Å². The molecule has 0 saturated heterocycles. The van der Waals surface area contributed by atoms with Crippen molar-refractivity contribution in [3.05, 3.63) is 29.3 Å². The second-order valence-corrected chi connectivity index (χ2v) is 9.54. The van der Waals surface area contributed by atoms with Gasteiger partial charge in [0.25, 0.3) is 5.03 Å². The average molecular weight is 421 g/mol. The van der Waals surface area contributed by atoms with Crippen LogP contribution < -0.4 is 0 Å². The van der Waals surface area contributed by atoms with Crippen LogP contribution in [0.2, 0.25) is 0 Å². The Balaban J connectivity index is 2.27. The first-order valence-electron chi connectivity index (χ1n) is 7.70. The largest absolute Gasteiger partial charge is 0.610 e. The summed E-state index contributed by atoms with van der Waals surface area (Å²) < 4.78 is 80.2. The summed E-state index contributed by atoms with van der Waals surface area (Å²) in [4.78, 5) is 12.0. The first-order valence-corrected chi connectivity index (χ1v) is 11.1. The first-order chi connectivity index (χ1) is 12.4. The number of aromatic nitrogens is 1. The Morgan fingerprint density at radius 3 is 2.44 bits per heavy atom. The molecule has 1 heterocycles. The lowest BCUT2D eigenvalue weighted by Crippen LogP contribution is -2.11. The van der Waals surface area contributed by atoms with Crippen LogP contribution in [0.1, 0.15) is 28.8 Å². The van der Waals surface area contributed by atoms with Gasteiger partial charge in [0.15, 0.2) is 21.4 Å². The molecule has 0 radical (unpaired) electrons. The fourth-order valence-corrected chi connectivity index (χ4v) is 4.14. The first kappa shape index (κ1) is 19.9. The zero-order valence-electron chi connectivity index (χ0n) is 14.2. The Hall–Kier alpha value is -1.85. The van der Waals surface area contributed by atoms with Crippen molar-refractivity contribution in [3.8, 4) is 11.3 Å². The molecule has 1 aromatic carbocycles. The van der Waals surface area contributed by atoms with Crippen molar-refractivity contribution in [3.63, 3.8) is 0 Å². The number of carbonyl (C=O) groups excluding carboxylic acids is 1. The van der Waals surface area contributed by atoms with Gasteiger partial charge in [0.05, 0.1) is 10.5 Å². The van der Waals surface area contributed by atoms with E-state index in [0.717, 1.165) is 12.3 Å². The molecule has 1 atom stereocenters. The van der Waals surface area contributed by atoms with Crippen molar-refractivity contribution in [2.45, 2.75) is 28.9 Å². The highest BCUT2D eigenvalue weighted by Gasteiger charge is 2.40. The van der Waals surface area contributed by atoms with E-state index in [9.17, 15) is 30.9 Å². The molecule has 0 N–H and O–H groups in total. The van der Waals surface area contributed by atoms with E-state index in [1.54, 1.807) is 0 Å². The number of sulfone groups is 1. The monoisotopic (exact) mass is 421 g/mol. The summed E-state index contributed by atoms with van der Waals surface area (Å²) in [5.41, 5.74) is -1.51. The normalized spacial score (nSPS) is 16.4.